The van der Waals surface area contributed by atoms with Crippen molar-refractivity contribution >= 4 is 39.0 Å². The van der Waals surface area contributed by atoms with E-state index in [0.717, 1.165) is 16.6 Å². The number of unbranched alkanes of at least 4 members (excludes halogenated alkanes) is 9. The summed E-state index contributed by atoms with van der Waals surface area (Å²) >= 11 is 4.73. The summed E-state index contributed by atoms with van der Waals surface area (Å²) in [5.74, 6) is -0.258. The summed E-state index contributed by atoms with van der Waals surface area (Å²) in [5, 5.41) is 0. The van der Waals surface area contributed by atoms with Crippen LogP contribution < -0.4 is 0 Å². The van der Waals surface area contributed by atoms with Crippen LogP contribution in [0.2, 0.25) is 0 Å². The molecule has 0 amide bonds. The number of carbonyl (C=O) groups is 2. The quantitative estimate of drug-likeness (QED) is 0.172. The van der Waals surface area contributed by atoms with Gasteiger partial charge >= 0.3 is 5.97 Å². The fourth-order valence-electron chi connectivity index (χ4n) is 2.65. The van der Waals surface area contributed by atoms with Crippen molar-refractivity contribution < 1.29 is 14.3 Å². The van der Waals surface area contributed by atoms with Crippen molar-refractivity contribution in [2.75, 3.05) is 6.61 Å². The topological polar surface area (TPSA) is 43.4 Å². The molecule has 0 saturated carbocycles. The number of thiophene rings is 1. The van der Waals surface area contributed by atoms with Crippen LogP contribution in [-0.4, -0.2) is 18.4 Å². The summed E-state index contributed by atoms with van der Waals surface area (Å²) in [6.45, 7) is 2.72. The van der Waals surface area contributed by atoms with Gasteiger partial charge in [-0.25, -0.2) is 0 Å². The molecule has 25 heavy (non-hydrogen) atoms. The maximum atomic E-state index is 11.9. The SMILES string of the molecule is CCCCCCCCCCCCOC(=O)CCC(=O)c1ccc(Br)s1. The summed E-state index contributed by atoms with van der Waals surface area (Å²) in [5.41, 5.74) is 0. The molecule has 0 bridgehead atoms. The van der Waals surface area contributed by atoms with Crippen LogP contribution in [0.3, 0.4) is 0 Å². The molecule has 0 N–H and O–H groups in total. The highest BCUT2D eigenvalue weighted by molar-refractivity contribution is 9.11. The Labute approximate surface area is 164 Å². The number of carbonyl (C=O) groups excluding carboxylic acids is 2. The lowest BCUT2D eigenvalue weighted by atomic mass is 10.1. The third kappa shape index (κ3) is 11.5. The van der Waals surface area contributed by atoms with Crippen molar-refractivity contribution in [3.63, 3.8) is 0 Å². The van der Waals surface area contributed by atoms with E-state index in [1.54, 1.807) is 6.07 Å². The second-order valence-corrected chi connectivity index (χ2v) is 8.89. The number of esters is 1. The van der Waals surface area contributed by atoms with Crippen LogP contribution in [-0.2, 0) is 9.53 Å². The molecule has 0 saturated heterocycles. The first-order valence-corrected chi connectivity index (χ1v) is 11.2. The van der Waals surface area contributed by atoms with Gasteiger partial charge in [-0.05, 0) is 34.5 Å². The number of ether oxygens (including phenoxy) is 1. The molecule has 0 unspecified atom stereocenters. The van der Waals surface area contributed by atoms with Crippen LogP contribution in [0, 0.1) is 0 Å². The molecular formula is C20H31BrO3S. The lowest BCUT2D eigenvalue weighted by molar-refractivity contribution is -0.143. The smallest absolute Gasteiger partial charge is 0.306 e. The lowest BCUT2D eigenvalue weighted by Gasteiger charge is -2.05. The summed E-state index contributed by atoms with van der Waals surface area (Å²) in [6, 6.07) is 3.63. The normalized spacial score (nSPS) is 10.8. The van der Waals surface area contributed by atoms with E-state index in [0.29, 0.717) is 11.5 Å². The second kappa shape index (κ2) is 14.5. The maximum absolute atomic E-state index is 11.9. The monoisotopic (exact) mass is 430 g/mol. The number of ketones is 1. The van der Waals surface area contributed by atoms with Crippen LogP contribution in [0.1, 0.15) is 93.6 Å². The maximum Gasteiger partial charge on any atom is 0.306 e. The molecule has 0 aromatic carbocycles. The molecule has 5 heteroatoms. The Kier molecular flexibility index (Phi) is 13.0. The van der Waals surface area contributed by atoms with Gasteiger partial charge in [0.25, 0.3) is 0 Å². The largest absolute Gasteiger partial charge is 0.466 e. The standard InChI is InChI=1S/C20H31BrO3S/c1-2-3-4-5-6-7-8-9-10-11-16-24-20(23)15-12-17(22)18-13-14-19(21)25-18/h13-14H,2-12,15-16H2,1H3. The fraction of sp³-hybridized carbons (Fsp3) is 0.700. The van der Waals surface area contributed by atoms with Crippen molar-refractivity contribution in [1.82, 2.24) is 0 Å². The molecule has 1 heterocycles. The van der Waals surface area contributed by atoms with Gasteiger partial charge in [0, 0.05) is 6.42 Å². The van der Waals surface area contributed by atoms with E-state index in [4.69, 9.17) is 4.74 Å². The first kappa shape index (κ1) is 22.4. The number of hydrogen-bond acceptors (Lipinski definition) is 4. The first-order valence-electron chi connectivity index (χ1n) is 9.57. The van der Waals surface area contributed by atoms with E-state index in [-0.39, 0.29) is 24.6 Å². The first-order chi connectivity index (χ1) is 12.1. The Bertz CT molecular complexity index is 499. The molecule has 3 nitrogen and oxygen atoms in total. The molecule has 0 fully saturated rings. The molecule has 0 aliphatic rings. The van der Waals surface area contributed by atoms with Crippen molar-refractivity contribution in [2.45, 2.75) is 84.0 Å². The highest BCUT2D eigenvalue weighted by Gasteiger charge is 2.12. The van der Waals surface area contributed by atoms with E-state index in [1.165, 1.54) is 62.7 Å². The minimum atomic E-state index is -0.264. The van der Waals surface area contributed by atoms with Crippen LogP contribution in [0.15, 0.2) is 15.9 Å². The average molecular weight is 431 g/mol. The van der Waals surface area contributed by atoms with E-state index in [1.807, 2.05) is 6.07 Å². The molecule has 0 aliphatic heterocycles. The highest BCUT2D eigenvalue weighted by Crippen LogP contribution is 2.23. The minimum absolute atomic E-state index is 0.00610. The highest BCUT2D eigenvalue weighted by atomic mass is 79.9. The van der Waals surface area contributed by atoms with Gasteiger partial charge in [-0.15, -0.1) is 11.3 Å². The average Bonchev–Trinajstić information content (AvgIpc) is 3.04. The van der Waals surface area contributed by atoms with Crippen molar-refractivity contribution in [3.8, 4) is 0 Å². The molecule has 0 spiro atoms. The van der Waals surface area contributed by atoms with Gasteiger partial charge in [-0.2, -0.15) is 0 Å². The van der Waals surface area contributed by atoms with Gasteiger partial charge in [0.1, 0.15) is 0 Å². The van der Waals surface area contributed by atoms with Crippen LogP contribution in [0.4, 0.5) is 0 Å². The lowest BCUT2D eigenvalue weighted by Crippen LogP contribution is -2.08. The third-order valence-corrected chi connectivity index (χ3v) is 5.83. The summed E-state index contributed by atoms with van der Waals surface area (Å²) in [7, 11) is 0. The van der Waals surface area contributed by atoms with Gasteiger partial charge in [0.2, 0.25) is 0 Å². The number of hydrogen-bond donors (Lipinski definition) is 0. The van der Waals surface area contributed by atoms with Crippen LogP contribution in [0.5, 0.6) is 0 Å². The van der Waals surface area contributed by atoms with Crippen LogP contribution in [0.25, 0.3) is 0 Å². The van der Waals surface area contributed by atoms with Gasteiger partial charge in [-0.1, -0.05) is 64.7 Å². The predicted octanol–water partition coefficient (Wildman–Crippen LogP) is 6.94. The van der Waals surface area contributed by atoms with Gasteiger partial charge in [-0.3, -0.25) is 9.59 Å². The molecule has 1 aromatic heterocycles. The Morgan fingerprint density at radius 3 is 2.08 bits per heavy atom. The summed E-state index contributed by atoms with van der Waals surface area (Å²) < 4.78 is 6.14. The Hall–Kier alpha value is -0.680. The molecular weight excluding hydrogens is 400 g/mol. The van der Waals surface area contributed by atoms with Gasteiger partial charge in [0.05, 0.1) is 21.7 Å². The fourth-order valence-corrected chi connectivity index (χ4v) is 4.00. The molecule has 1 rings (SSSR count). The number of halogens is 1. The number of Topliss-reactive ketones (excluding diaryl/α,β-unsaturated/α-hetero) is 1. The Morgan fingerprint density at radius 2 is 1.52 bits per heavy atom. The predicted molar refractivity (Wildman–Crippen MR) is 108 cm³/mol. The zero-order valence-electron chi connectivity index (χ0n) is 15.4. The van der Waals surface area contributed by atoms with E-state index in [2.05, 4.69) is 22.9 Å². The Morgan fingerprint density at radius 1 is 0.920 bits per heavy atom. The molecule has 0 radical (unpaired) electrons. The zero-order chi connectivity index (χ0) is 18.3. The summed E-state index contributed by atoms with van der Waals surface area (Å²) in [6.07, 6.45) is 13.0. The molecule has 0 atom stereocenters. The van der Waals surface area contributed by atoms with Gasteiger partial charge in [0.15, 0.2) is 5.78 Å². The second-order valence-electron chi connectivity index (χ2n) is 6.43. The van der Waals surface area contributed by atoms with Crippen molar-refractivity contribution in [1.29, 1.82) is 0 Å². The Balaban J connectivity index is 1.91. The molecule has 142 valence electrons. The minimum Gasteiger partial charge on any atom is -0.466 e. The third-order valence-electron chi connectivity index (χ3n) is 4.17. The number of rotatable bonds is 15. The van der Waals surface area contributed by atoms with E-state index in [9.17, 15) is 9.59 Å². The molecule has 0 aliphatic carbocycles. The zero-order valence-corrected chi connectivity index (χ0v) is 17.8. The summed E-state index contributed by atoms with van der Waals surface area (Å²) in [4.78, 5) is 24.3. The van der Waals surface area contributed by atoms with E-state index < -0.39 is 0 Å². The van der Waals surface area contributed by atoms with Crippen molar-refractivity contribution in [3.05, 3.63) is 20.8 Å². The van der Waals surface area contributed by atoms with Gasteiger partial charge < -0.3 is 4.74 Å². The van der Waals surface area contributed by atoms with E-state index >= 15 is 0 Å². The molecule has 1 aromatic rings. The van der Waals surface area contributed by atoms with Crippen LogP contribution >= 0.6 is 27.3 Å². The van der Waals surface area contributed by atoms with Crippen molar-refractivity contribution in [2.24, 2.45) is 0 Å².